The number of nitrogens with zero attached hydrogens (tertiary/aromatic N) is 3. The van der Waals surface area contributed by atoms with Crippen molar-refractivity contribution >= 4 is 29.4 Å². The molecule has 45 heavy (non-hydrogen) atoms. The maximum atomic E-state index is 13.3. The van der Waals surface area contributed by atoms with Crippen molar-refractivity contribution in [2.45, 2.75) is 51.7 Å². The molecule has 1 atom stereocenters. The smallest absolute Gasteiger partial charge is 0.412 e. The van der Waals surface area contributed by atoms with E-state index in [0.29, 0.717) is 17.8 Å². The first kappa shape index (κ1) is 33.4. The SMILES string of the molecule is Cc1ccccc1C(CCCN1CCN(C)CC1)(NC(N)=O)c1ccc(C(=O)Nc2ccccc2NC(=O)OC(C)(C)C)nc1. The predicted molar refractivity (Wildman–Crippen MR) is 176 cm³/mol. The van der Waals surface area contributed by atoms with Crippen LogP contribution < -0.4 is 21.7 Å². The Morgan fingerprint density at radius 3 is 2.16 bits per heavy atom. The number of aromatic nitrogens is 1. The first-order chi connectivity index (χ1) is 21.4. The van der Waals surface area contributed by atoms with Gasteiger partial charge >= 0.3 is 12.1 Å². The van der Waals surface area contributed by atoms with Crippen molar-refractivity contribution in [3.8, 4) is 0 Å². The van der Waals surface area contributed by atoms with Gasteiger partial charge in [-0.2, -0.15) is 0 Å². The summed E-state index contributed by atoms with van der Waals surface area (Å²) in [4.78, 5) is 47.4. The summed E-state index contributed by atoms with van der Waals surface area (Å²) in [5, 5.41) is 8.58. The Morgan fingerprint density at radius 2 is 1.56 bits per heavy atom. The zero-order valence-electron chi connectivity index (χ0n) is 26.9. The van der Waals surface area contributed by atoms with E-state index in [1.54, 1.807) is 57.3 Å². The number of piperazine rings is 1. The van der Waals surface area contributed by atoms with Gasteiger partial charge in [-0.1, -0.05) is 42.5 Å². The van der Waals surface area contributed by atoms with Gasteiger partial charge in [-0.15, -0.1) is 0 Å². The van der Waals surface area contributed by atoms with Crippen molar-refractivity contribution < 1.29 is 19.1 Å². The largest absolute Gasteiger partial charge is 0.444 e. The summed E-state index contributed by atoms with van der Waals surface area (Å²) in [5.41, 5.74) is 7.77. The van der Waals surface area contributed by atoms with Crippen LogP contribution in [0, 0.1) is 6.92 Å². The second-order valence-electron chi connectivity index (χ2n) is 12.5. The molecule has 2 heterocycles. The Bertz CT molecular complexity index is 1480. The number of urea groups is 1. The topological polar surface area (TPSA) is 142 Å². The van der Waals surface area contributed by atoms with Crippen LogP contribution in [0.1, 0.15) is 60.8 Å². The highest BCUT2D eigenvalue weighted by atomic mass is 16.6. The minimum Gasteiger partial charge on any atom is -0.444 e. The third-order valence-electron chi connectivity index (χ3n) is 7.86. The summed E-state index contributed by atoms with van der Waals surface area (Å²) in [6, 6.07) is 17.5. The number of carbonyl (C=O) groups is 3. The Hall–Kier alpha value is -4.48. The van der Waals surface area contributed by atoms with Crippen molar-refractivity contribution in [3.63, 3.8) is 0 Å². The third-order valence-corrected chi connectivity index (χ3v) is 7.86. The van der Waals surface area contributed by atoms with Crippen molar-refractivity contribution in [3.05, 3.63) is 89.2 Å². The number of nitrogens with two attached hydrogens (primary N) is 1. The maximum Gasteiger partial charge on any atom is 0.412 e. The molecule has 0 spiro atoms. The molecule has 4 rings (SSSR count). The van der Waals surface area contributed by atoms with Gasteiger partial charge < -0.3 is 30.9 Å². The normalized spacial score (nSPS) is 15.5. The molecule has 240 valence electrons. The molecule has 0 bridgehead atoms. The molecule has 0 saturated carbocycles. The van der Waals surface area contributed by atoms with Crippen LogP contribution in [-0.2, 0) is 10.3 Å². The predicted octanol–water partition coefficient (Wildman–Crippen LogP) is 4.93. The zero-order chi connectivity index (χ0) is 32.6. The molecule has 4 amide bonds. The molecule has 1 aromatic heterocycles. The number of primary amides is 1. The van der Waals surface area contributed by atoms with Gasteiger partial charge in [0.05, 0.1) is 16.9 Å². The van der Waals surface area contributed by atoms with Crippen LogP contribution in [0.15, 0.2) is 66.9 Å². The van der Waals surface area contributed by atoms with Crippen LogP contribution in [0.4, 0.5) is 21.0 Å². The number of benzene rings is 2. The number of hydrogen-bond donors (Lipinski definition) is 4. The van der Waals surface area contributed by atoms with Crippen LogP contribution in [0.5, 0.6) is 0 Å². The van der Waals surface area contributed by atoms with E-state index in [2.05, 4.69) is 37.8 Å². The van der Waals surface area contributed by atoms with E-state index in [4.69, 9.17) is 10.5 Å². The monoisotopic (exact) mass is 615 g/mol. The van der Waals surface area contributed by atoms with Crippen molar-refractivity contribution in [2.75, 3.05) is 50.4 Å². The Balaban J connectivity index is 1.58. The average molecular weight is 616 g/mol. The van der Waals surface area contributed by atoms with Crippen LogP contribution in [0.2, 0.25) is 0 Å². The Kier molecular flexibility index (Phi) is 10.8. The van der Waals surface area contributed by atoms with Gasteiger partial charge in [-0.05, 0) is 83.5 Å². The standard InChI is InChI=1S/C34H45N7O4/c1-24-11-6-7-12-26(24)34(39-31(35)43,17-10-18-41-21-19-40(5)20-22-41)25-15-16-29(36-23-25)30(42)37-27-13-8-9-14-28(27)38-32(44)45-33(2,3)4/h6-9,11-16,23H,10,17-22H2,1-5H3,(H,37,42)(H,38,44)(H3,35,39,43). The van der Waals surface area contributed by atoms with Crippen LogP contribution in [-0.4, -0.2) is 78.2 Å². The first-order valence-electron chi connectivity index (χ1n) is 15.3. The van der Waals surface area contributed by atoms with E-state index >= 15 is 0 Å². The van der Waals surface area contributed by atoms with Crippen LogP contribution >= 0.6 is 0 Å². The lowest BCUT2D eigenvalue weighted by atomic mass is 9.77. The van der Waals surface area contributed by atoms with E-state index in [9.17, 15) is 14.4 Å². The van der Waals surface area contributed by atoms with E-state index < -0.39 is 29.2 Å². The lowest BCUT2D eigenvalue weighted by molar-refractivity contribution is 0.0635. The second kappa shape index (κ2) is 14.5. The summed E-state index contributed by atoms with van der Waals surface area (Å²) in [6.07, 6.45) is 2.39. The van der Waals surface area contributed by atoms with Gasteiger partial charge in [0.25, 0.3) is 5.91 Å². The van der Waals surface area contributed by atoms with Gasteiger partial charge in [0, 0.05) is 37.9 Å². The zero-order valence-corrected chi connectivity index (χ0v) is 26.9. The molecule has 0 aliphatic carbocycles. The Morgan fingerprint density at radius 1 is 0.911 bits per heavy atom. The number of aryl methyl sites for hydroxylation is 1. The number of carbonyl (C=O) groups excluding carboxylic acids is 3. The van der Waals surface area contributed by atoms with E-state index in [1.165, 1.54) is 0 Å². The molecule has 1 aliphatic rings. The van der Waals surface area contributed by atoms with Crippen LogP contribution in [0.25, 0.3) is 0 Å². The van der Waals surface area contributed by atoms with E-state index in [1.807, 2.05) is 37.3 Å². The molecule has 1 fully saturated rings. The number of rotatable bonds is 10. The number of likely N-dealkylation sites (N-methyl/N-ethyl adjacent to an activating group) is 1. The quantitative estimate of drug-likeness (QED) is 0.253. The van der Waals surface area contributed by atoms with Crippen molar-refractivity contribution in [2.24, 2.45) is 5.73 Å². The second-order valence-corrected chi connectivity index (χ2v) is 12.5. The van der Waals surface area contributed by atoms with E-state index in [0.717, 1.165) is 55.8 Å². The fourth-order valence-corrected chi connectivity index (χ4v) is 5.62. The number of ether oxygens (including phenoxy) is 1. The fourth-order valence-electron chi connectivity index (χ4n) is 5.62. The molecule has 2 aromatic carbocycles. The number of para-hydroxylation sites is 2. The highest BCUT2D eigenvalue weighted by Crippen LogP contribution is 2.36. The highest BCUT2D eigenvalue weighted by molar-refractivity contribution is 6.05. The number of amides is 4. The molecular formula is C34H45N7O4. The minimum absolute atomic E-state index is 0.168. The van der Waals surface area contributed by atoms with E-state index in [-0.39, 0.29) is 5.69 Å². The summed E-state index contributed by atoms with van der Waals surface area (Å²) in [7, 11) is 2.13. The average Bonchev–Trinajstić information content (AvgIpc) is 2.98. The lowest BCUT2D eigenvalue weighted by Gasteiger charge is -2.38. The summed E-state index contributed by atoms with van der Waals surface area (Å²) in [5.74, 6) is -0.459. The first-order valence-corrected chi connectivity index (χ1v) is 15.3. The molecule has 5 N–H and O–H groups in total. The number of nitrogens with one attached hydrogen (secondary N) is 3. The minimum atomic E-state index is -0.949. The van der Waals surface area contributed by atoms with Gasteiger partial charge in [0.2, 0.25) is 0 Å². The van der Waals surface area contributed by atoms with Crippen LogP contribution in [0.3, 0.4) is 0 Å². The molecule has 1 unspecified atom stereocenters. The van der Waals surface area contributed by atoms with Gasteiger partial charge in [-0.25, -0.2) is 9.59 Å². The number of pyridine rings is 1. The van der Waals surface area contributed by atoms with Crippen molar-refractivity contribution in [1.29, 1.82) is 0 Å². The molecule has 3 aromatic rings. The molecule has 11 heteroatoms. The molecule has 0 radical (unpaired) electrons. The highest BCUT2D eigenvalue weighted by Gasteiger charge is 2.37. The molecule has 11 nitrogen and oxygen atoms in total. The van der Waals surface area contributed by atoms with Gasteiger partial charge in [0.1, 0.15) is 11.3 Å². The summed E-state index contributed by atoms with van der Waals surface area (Å²) in [6.45, 7) is 12.3. The number of hydrogen-bond acceptors (Lipinski definition) is 7. The third kappa shape index (κ3) is 9.02. The number of anilines is 2. The lowest BCUT2D eigenvalue weighted by Crippen LogP contribution is -2.50. The fraction of sp³-hybridized carbons (Fsp3) is 0.412. The Labute approximate surface area is 265 Å². The summed E-state index contributed by atoms with van der Waals surface area (Å²) < 4.78 is 5.35. The van der Waals surface area contributed by atoms with Crippen molar-refractivity contribution in [1.82, 2.24) is 20.1 Å². The van der Waals surface area contributed by atoms with Gasteiger partial charge in [-0.3, -0.25) is 15.1 Å². The molecule has 1 aliphatic heterocycles. The molecular weight excluding hydrogens is 570 g/mol. The summed E-state index contributed by atoms with van der Waals surface area (Å²) >= 11 is 0. The van der Waals surface area contributed by atoms with Gasteiger partial charge in [0.15, 0.2) is 0 Å². The molecule has 1 saturated heterocycles. The maximum absolute atomic E-state index is 13.3.